The molecule has 122 valence electrons. The monoisotopic (exact) mass is 342 g/mol. The minimum atomic E-state index is -0.669. The van der Waals surface area contributed by atoms with E-state index in [9.17, 15) is 14.7 Å². The predicted molar refractivity (Wildman–Crippen MR) is 89.5 cm³/mol. The summed E-state index contributed by atoms with van der Waals surface area (Å²) >= 11 is 2.93. The summed E-state index contributed by atoms with van der Waals surface area (Å²) in [5, 5.41) is 10.3. The van der Waals surface area contributed by atoms with Crippen molar-refractivity contribution in [3.05, 3.63) is 9.81 Å². The van der Waals surface area contributed by atoms with Gasteiger partial charge in [-0.1, -0.05) is 6.92 Å². The molecule has 1 N–H and O–H groups in total. The molecule has 3 heterocycles. The van der Waals surface area contributed by atoms with Crippen LogP contribution in [0.4, 0.5) is 0 Å². The number of hydrogen-bond donors (Lipinski definition) is 1. The fraction of sp³-hybridized carbons (Fsp3) is 0.733. The van der Waals surface area contributed by atoms with Crippen LogP contribution >= 0.6 is 23.5 Å². The van der Waals surface area contributed by atoms with Crippen LogP contribution in [0.3, 0.4) is 0 Å². The van der Waals surface area contributed by atoms with Gasteiger partial charge in [0, 0.05) is 18.1 Å². The molecule has 0 bridgehead atoms. The molecule has 0 aromatic rings. The van der Waals surface area contributed by atoms with Crippen LogP contribution in [-0.2, 0) is 9.59 Å². The zero-order valence-electron chi connectivity index (χ0n) is 12.8. The number of carbonyl (C=O) groups is 2. The van der Waals surface area contributed by atoms with E-state index < -0.39 is 6.10 Å². The summed E-state index contributed by atoms with van der Waals surface area (Å²) in [6, 6.07) is 0. The lowest BCUT2D eigenvalue weighted by atomic mass is 9.99. The van der Waals surface area contributed by atoms with Gasteiger partial charge in [-0.2, -0.15) is 0 Å². The van der Waals surface area contributed by atoms with E-state index in [0.29, 0.717) is 16.4 Å². The van der Waals surface area contributed by atoms with Crippen LogP contribution in [0, 0.1) is 5.92 Å². The quantitative estimate of drug-likeness (QED) is 0.773. The first-order valence-corrected chi connectivity index (χ1v) is 9.80. The van der Waals surface area contributed by atoms with Gasteiger partial charge >= 0.3 is 0 Å². The molecule has 0 spiro atoms. The van der Waals surface area contributed by atoms with Crippen molar-refractivity contribution in [3.8, 4) is 0 Å². The first kappa shape index (κ1) is 16.4. The molecule has 0 saturated carbocycles. The van der Waals surface area contributed by atoms with Crippen LogP contribution in [0.25, 0.3) is 0 Å². The first-order chi connectivity index (χ1) is 10.6. The molecule has 3 aliphatic rings. The van der Waals surface area contributed by atoms with Crippen LogP contribution in [0.5, 0.6) is 0 Å². The van der Waals surface area contributed by atoms with E-state index in [2.05, 4.69) is 11.8 Å². The number of thioether (sulfide) groups is 2. The van der Waals surface area contributed by atoms with E-state index in [1.165, 1.54) is 28.4 Å². The molecule has 3 rings (SSSR count). The predicted octanol–water partition coefficient (Wildman–Crippen LogP) is 1.14. The van der Waals surface area contributed by atoms with Gasteiger partial charge in [0.25, 0.3) is 11.8 Å². The summed E-state index contributed by atoms with van der Waals surface area (Å²) < 4.78 is 0. The summed E-state index contributed by atoms with van der Waals surface area (Å²) in [7, 11) is 0. The number of piperidine rings is 1. The smallest absolute Gasteiger partial charge is 0.268 e. The van der Waals surface area contributed by atoms with Crippen molar-refractivity contribution in [3.63, 3.8) is 0 Å². The molecule has 0 aromatic heterocycles. The van der Waals surface area contributed by atoms with Gasteiger partial charge in [0.2, 0.25) is 0 Å². The van der Waals surface area contributed by atoms with Gasteiger partial charge in [0.1, 0.15) is 0 Å². The van der Waals surface area contributed by atoms with Gasteiger partial charge in [-0.3, -0.25) is 14.5 Å². The third-order valence-corrected chi connectivity index (χ3v) is 6.94. The lowest BCUT2D eigenvalue weighted by Crippen LogP contribution is -2.45. The van der Waals surface area contributed by atoms with Gasteiger partial charge in [-0.15, -0.1) is 23.5 Å². The maximum atomic E-state index is 12.3. The first-order valence-electron chi connectivity index (χ1n) is 7.82. The van der Waals surface area contributed by atoms with Gasteiger partial charge in [0.15, 0.2) is 0 Å². The number of carbonyl (C=O) groups excluding carboxylic acids is 2. The lowest BCUT2D eigenvalue weighted by molar-refractivity contribution is -0.138. The highest BCUT2D eigenvalue weighted by Crippen LogP contribution is 2.40. The summed E-state index contributed by atoms with van der Waals surface area (Å²) in [5.41, 5.74) is 0. The largest absolute Gasteiger partial charge is 0.390 e. The highest BCUT2D eigenvalue weighted by Gasteiger charge is 2.41. The molecule has 3 aliphatic heterocycles. The zero-order chi connectivity index (χ0) is 15.7. The standard InChI is InChI=1S/C15H22N2O3S2/c1-10-2-4-16(5-3-10)8-11(18)9-17-14(19)12-13(15(17)20)22-7-6-21-12/h10-11,18H,2-9H2,1H3. The normalized spacial score (nSPS) is 25.8. The van der Waals surface area contributed by atoms with Crippen molar-refractivity contribution in [2.24, 2.45) is 5.92 Å². The van der Waals surface area contributed by atoms with Gasteiger partial charge < -0.3 is 10.0 Å². The molecule has 0 aliphatic carbocycles. The van der Waals surface area contributed by atoms with Crippen molar-refractivity contribution >= 4 is 35.3 Å². The van der Waals surface area contributed by atoms with E-state index >= 15 is 0 Å². The van der Waals surface area contributed by atoms with Gasteiger partial charge in [0.05, 0.1) is 22.5 Å². The number of imide groups is 1. The molecule has 2 amide bonds. The molecule has 0 aromatic carbocycles. The van der Waals surface area contributed by atoms with Crippen LogP contribution in [0.1, 0.15) is 19.8 Å². The second-order valence-electron chi connectivity index (χ2n) is 6.21. The molecule has 1 fully saturated rings. The number of rotatable bonds is 4. The van der Waals surface area contributed by atoms with Crippen molar-refractivity contribution < 1.29 is 14.7 Å². The molecular weight excluding hydrogens is 320 g/mol. The number of aliphatic hydroxyl groups is 1. The minimum absolute atomic E-state index is 0.109. The SMILES string of the molecule is CC1CCN(CC(O)CN2C(=O)C3=C(SCCS3)C2=O)CC1. The van der Waals surface area contributed by atoms with E-state index in [-0.39, 0.29) is 18.4 Å². The van der Waals surface area contributed by atoms with Crippen molar-refractivity contribution in [1.29, 1.82) is 0 Å². The molecular formula is C15H22N2O3S2. The molecule has 5 nitrogen and oxygen atoms in total. The maximum absolute atomic E-state index is 12.3. The molecule has 7 heteroatoms. The molecule has 22 heavy (non-hydrogen) atoms. The second kappa shape index (κ2) is 6.95. The van der Waals surface area contributed by atoms with Crippen molar-refractivity contribution in [2.75, 3.05) is 37.7 Å². The Kier molecular flexibility index (Phi) is 5.17. The van der Waals surface area contributed by atoms with Crippen LogP contribution in [0.15, 0.2) is 9.81 Å². The average Bonchev–Trinajstić information content (AvgIpc) is 2.75. The average molecular weight is 342 g/mol. The van der Waals surface area contributed by atoms with E-state index in [0.717, 1.165) is 43.4 Å². The number of aliphatic hydroxyl groups excluding tert-OH is 1. The number of β-amino-alcohol motifs (C(OH)–C–C–N with tert-alkyl or cyclic N) is 1. The van der Waals surface area contributed by atoms with Crippen LogP contribution < -0.4 is 0 Å². The Morgan fingerprint density at radius 2 is 1.64 bits per heavy atom. The Labute approximate surface area is 139 Å². The Bertz CT molecular complexity index is 473. The zero-order valence-corrected chi connectivity index (χ0v) is 14.4. The Balaban J connectivity index is 1.55. The topological polar surface area (TPSA) is 60.9 Å². The molecule has 0 radical (unpaired) electrons. The fourth-order valence-corrected chi connectivity index (χ4v) is 5.38. The Morgan fingerprint density at radius 3 is 2.18 bits per heavy atom. The molecule has 1 unspecified atom stereocenters. The summed E-state index contributed by atoms with van der Waals surface area (Å²) in [6.45, 7) is 4.87. The van der Waals surface area contributed by atoms with Crippen LogP contribution in [0.2, 0.25) is 0 Å². The van der Waals surface area contributed by atoms with Crippen molar-refractivity contribution in [2.45, 2.75) is 25.9 Å². The second-order valence-corrected chi connectivity index (χ2v) is 8.42. The maximum Gasteiger partial charge on any atom is 0.268 e. The highest BCUT2D eigenvalue weighted by atomic mass is 32.2. The number of nitrogens with zero attached hydrogens (tertiary/aromatic N) is 2. The summed E-state index contributed by atoms with van der Waals surface area (Å²) in [4.78, 5) is 29.2. The van der Waals surface area contributed by atoms with Gasteiger partial charge in [-0.05, 0) is 31.8 Å². The Morgan fingerprint density at radius 1 is 1.09 bits per heavy atom. The molecule has 1 saturated heterocycles. The number of amides is 2. The minimum Gasteiger partial charge on any atom is -0.390 e. The highest BCUT2D eigenvalue weighted by molar-refractivity contribution is 8.11. The van der Waals surface area contributed by atoms with Gasteiger partial charge in [-0.25, -0.2) is 0 Å². The third-order valence-electron chi connectivity index (χ3n) is 4.40. The van der Waals surface area contributed by atoms with E-state index in [4.69, 9.17) is 0 Å². The third kappa shape index (κ3) is 3.37. The van der Waals surface area contributed by atoms with E-state index in [1.54, 1.807) is 0 Å². The van der Waals surface area contributed by atoms with E-state index in [1.807, 2.05) is 0 Å². The lowest BCUT2D eigenvalue weighted by Gasteiger charge is -2.32. The number of likely N-dealkylation sites (tertiary alicyclic amines) is 1. The fourth-order valence-electron chi connectivity index (χ4n) is 3.05. The summed E-state index contributed by atoms with van der Waals surface area (Å²) in [5.74, 6) is 2.04. The summed E-state index contributed by atoms with van der Waals surface area (Å²) in [6.07, 6.45) is 1.63. The van der Waals surface area contributed by atoms with Crippen LogP contribution in [-0.4, -0.2) is 70.5 Å². The number of hydrogen-bond acceptors (Lipinski definition) is 6. The van der Waals surface area contributed by atoms with Crippen molar-refractivity contribution in [1.82, 2.24) is 9.80 Å². The Hall–Kier alpha value is -0.500. The molecule has 1 atom stereocenters.